The highest BCUT2D eigenvalue weighted by Crippen LogP contribution is 2.15. The minimum Gasteiger partial charge on any atom is -0.481 e. The lowest BCUT2D eigenvalue weighted by atomic mass is 9.99. The molecule has 2 N–H and O–H groups in total. The van der Waals surface area contributed by atoms with Gasteiger partial charge in [0.25, 0.3) is 0 Å². The summed E-state index contributed by atoms with van der Waals surface area (Å²) in [5, 5.41) is 12.5. The van der Waals surface area contributed by atoms with Gasteiger partial charge in [0.2, 0.25) is 5.88 Å². The Labute approximate surface area is 123 Å². The number of hydrogen-bond donors (Lipinski definition) is 2. The van der Waals surface area contributed by atoms with Crippen LogP contribution in [0.4, 0.5) is 0 Å². The molecular weight excluding hydrogens is 268 g/mol. The van der Waals surface area contributed by atoms with Gasteiger partial charge >= 0.3 is 5.97 Å². The number of aromatic nitrogens is 1. The molecule has 1 aromatic heterocycles. The number of aliphatic carboxylic acids is 1. The molecule has 0 spiro atoms. The molecule has 21 heavy (non-hydrogen) atoms. The van der Waals surface area contributed by atoms with E-state index in [0.717, 1.165) is 11.1 Å². The molecule has 0 saturated heterocycles. The number of methoxy groups -OCH3 is 1. The lowest BCUT2D eigenvalue weighted by Crippen LogP contribution is -2.26. The summed E-state index contributed by atoms with van der Waals surface area (Å²) in [7, 11) is 1.56. The van der Waals surface area contributed by atoms with Crippen molar-refractivity contribution in [3.8, 4) is 5.88 Å². The summed E-state index contributed by atoms with van der Waals surface area (Å²) in [6, 6.07) is 12.9. The number of pyridine rings is 1. The van der Waals surface area contributed by atoms with Gasteiger partial charge in [0.05, 0.1) is 13.0 Å². The van der Waals surface area contributed by atoms with Crippen LogP contribution in [-0.2, 0) is 11.3 Å². The molecule has 5 nitrogen and oxygen atoms in total. The van der Waals surface area contributed by atoms with Crippen LogP contribution in [0, 0.1) is 0 Å². The van der Waals surface area contributed by atoms with Crippen molar-refractivity contribution in [2.75, 3.05) is 13.7 Å². The second kappa shape index (κ2) is 7.40. The van der Waals surface area contributed by atoms with Gasteiger partial charge in [0, 0.05) is 25.4 Å². The highest BCUT2D eigenvalue weighted by Gasteiger charge is 2.18. The Bertz CT molecular complexity index is 587. The molecule has 1 unspecified atom stereocenters. The molecule has 1 heterocycles. The molecule has 5 heteroatoms. The quantitative estimate of drug-likeness (QED) is 0.815. The fourth-order valence-electron chi connectivity index (χ4n) is 2.07. The summed E-state index contributed by atoms with van der Waals surface area (Å²) in [5.41, 5.74) is 1.80. The predicted molar refractivity (Wildman–Crippen MR) is 79.3 cm³/mol. The molecule has 2 aromatic rings. The van der Waals surface area contributed by atoms with Crippen LogP contribution < -0.4 is 10.1 Å². The number of nitrogens with one attached hydrogen (secondary N) is 1. The predicted octanol–water partition coefficient (Wildman–Crippen LogP) is 2.05. The van der Waals surface area contributed by atoms with Crippen molar-refractivity contribution < 1.29 is 14.6 Å². The van der Waals surface area contributed by atoms with E-state index in [9.17, 15) is 9.90 Å². The van der Waals surface area contributed by atoms with Crippen LogP contribution in [0.3, 0.4) is 0 Å². The first-order valence-electron chi connectivity index (χ1n) is 6.68. The van der Waals surface area contributed by atoms with Gasteiger partial charge < -0.3 is 15.2 Å². The molecule has 1 atom stereocenters. The standard InChI is InChI=1S/C16H18N2O3/c1-21-15-9-12(7-8-18-15)10-17-11-14(16(19)20)13-5-3-2-4-6-13/h2-9,14,17H,10-11H2,1H3,(H,19,20). The maximum absolute atomic E-state index is 11.4. The van der Waals surface area contributed by atoms with E-state index in [2.05, 4.69) is 10.3 Å². The van der Waals surface area contributed by atoms with Gasteiger partial charge in [-0.25, -0.2) is 4.98 Å². The average Bonchev–Trinajstić information content (AvgIpc) is 2.52. The van der Waals surface area contributed by atoms with Gasteiger partial charge in [-0.2, -0.15) is 0 Å². The van der Waals surface area contributed by atoms with Crippen molar-refractivity contribution in [3.63, 3.8) is 0 Å². The Balaban J connectivity index is 1.95. The van der Waals surface area contributed by atoms with E-state index in [-0.39, 0.29) is 0 Å². The third-order valence-electron chi connectivity index (χ3n) is 3.19. The van der Waals surface area contributed by atoms with Crippen LogP contribution >= 0.6 is 0 Å². The molecule has 0 aliphatic carbocycles. The van der Waals surface area contributed by atoms with Crippen molar-refractivity contribution >= 4 is 5.97 Å². The Kier molecular flexibility index (Phi) is 5.29. The van der Waals surface area contributed by atoms with Crippen LogP contribution in [0.25, 0.3) is 0 Å². The van der Waals surface area contributed by atoms with Crippen molar-refractivity contribution in [2.45, 2.75) is 12.5 Å². The first-order chi connectivity index (χ1) is 10.2. The van der Waals surface area contributed by atoms with Crippen molar-refractivity contribution in [1.29, 1.82) is 0 Å². The minimum absolute atomic E-state index is 0.365. The van der Waals surface area contributed by atoms with Gasteiger partial charge in [-0.05, 0) is 17.2 Å². The second-order valence-electron chi connectivity index (χ2n) is 4.64. The number of nitrogens with zero attached hydrogens (tertiary/aromatic N) is 1. The molecular formula is C16H18N2O3. The third kappa shape index (κ3) is 4.29. The van der Waals surface area contributed by atoms with Crippen molar-refractivity contribution in [2.24, 2.45) is 0 Å². The molecule has 1 aromatic carbocycles. The molecule has 0 bridgehead atoms. The van der Waals surface area contributed by atoms with Crippen LogP contribution in [0.1, 0.15) is 17.0 Å². The van der Waals surface area contributed by atoms with Gasteiger partial charge in [-0.3, -0.25) is 4.79 Å². The Morgan fingerprint density at radius 1 is 1.33 bits per heavy atom. The van der Waals surface area contributed by atoms with Crippen molar-refractivity contribution in [3.05, 3.63) is 59.8 Å². The maximum atomic E-state index is 11.4. The first-order valence-corrected chi connectivity index (χ1v) is 6.68. The fraction of sp³-hybridized carbons (Fsp3) is 0.250. The van der Waals surface area contributed by atoms with E-state index in [1.807, 2.05) is 42.5 Å². The monoisotopic (exact) mass is 286 g/mol. The maximum Gasteiger partial charge on any atom is 0.312 e. The van der Waals surface area contributed by atoms with Gasteiger partial charge in [0.1, 0.15) is 0 Å². The summed E-state index contributed by atoms with van der Waals surface area (Å²) in [6.45, 7) is 0.930. The molecule has 0 amide bonds. The number of benzene rings is 1. The summed E-state index contributed by atoms with van der Waals surface area (Å²) >= 11 is 0. The number of carboxylic acid groups (broad SMARTS) is 1. The van der Waals surface area contributed by atoms with Crippen LogP contribution in [0.5, 0.6) is 5.88 Å². The smallest absolute Gasteiger partial charge is 0.312 e. The summed E-state index contributed by atoms with van der Waals surface area (Å²) in [6.07, 6.45) is 1.67. The molecule has 0 saturated carbocycles. The second-order valence-corrected chi connectivity index (χ2v) is 4.64. The Morgan fingerprint density at radius 2 is 2.10 bits per heavy atom. The van der Waals surface area contributed by atoms with E-state index in [1.165, 1.54) is 0 Å². The molecule has 0 aliphatic heterocycles. The van der Waals surface area contributed by atoms with Crippen LogP contribution in [0.15, 0.2) is 48.7 Å². The van der Waals surface area contributed by atoms with Gasteiger partial charge in [-0.15, -0.1) is 0 Å². The first kappa shape index (κ1) is 15.0. The zero-order valence-corrected chi connectivity index (χ0v) is 11.8. The number of rotatable bonds is 7. The minimum atomic E-state index is -0.832. The highest BCUT2D eigenvalue weighted by atomic mass is 16.5. The fourth-order valence-corrected chi connectivity index (χ4v) is 2.07. The topological polar surface area (TPSA) is 71.5 Å². The van der Waals surface area contributed by atoms with E-state index in [0.29, 0.717) is 19.0 Å². The average molecular weight is 286 g/mol. The van der Waals surface area contributed by atoms with Crippen LogP contribution in [0.2, 0.25) is 0 Å². The largest absolute Gasteiger partial charge is 0.481 e. The number of ether oxygens (including phenoxy) is 1. The molecule has 110 valence electrons. The van der Waals surface area contributed by atoms with Crippen molar-refractivity contribution in [1.82, 2.24) is 10.3 Å². The molecule has 0 aliphatic rings. The summed E-state index contributed by atoms with van der Waals surface area (Å²) in [4.78, 5) is 15.4. The third-order valence-corrected chi connectivity index (χ3v) is 3.19. The number of carboxylic acids is 1. The highest BCUT2D eigenvalue weighted by molar-refractivity contribution is 5.76. The normalized spacial score (nSPS) is 11.9. The molecule has 2 rings (SSSR count). The van der Waals surface area contributed by atoms with E-state index < -0.39 is 11.9 Å². The number of carbonyl (C=O) groups is 1. The zero-order valence-electron chi connectivity index (χ0n) is 11.8. The van der Waals surface area contributed by atoms with E-state index in [1.54, 1.807) is 13.3 Å². The van der Waals surface area contributed by atoms with Gasteiger partial charge in [0.15, 0.2) is 0 Å². The summed E-state index contributed by atoms with van der Waals surface area (Å²) in [5.74, 6) is -0.844. The molecule has 0 radical (unpaired) electrons. The van der Waals surface area contributed by atoms with E-state index in [4.69, 9.17) is 4.74 Å². The van der Waals surface area contributed by atoms with Gasteiger partial charge in [-0.1, -0.05) is 30.3 Å². The molecule has 0 fully saturated rings. The number of hydrogen-bond acceptors (Lipinski definition) is 4. The van der Waals surface area contributed by atoms with Crippen LogP contribution in [-0.4, -0.2) is 29.7 Å². The lowest BCUT2D eigenvalue weighted by Gasteiger charge is -2.14. The zero-order chi connectivity index (χ0) is 15.1. The SMILES string of the molecule is COc1cc(CNCC(C(=O)O)c2ccccc2)ccn1. The Morgan fingerprint density at radius 3 is 2.76 bits per heavy atom. The lowest BCUT2D eigenvalue weighted by molar-refractivity contribution is -0.138. The Hall–Kier alpha value is -2.40. The summed E-state index contributed by atoms with van der Waals surface area (Å²) < 4.78 is 5.06. The van der Waals surface area contributed by atoms with E-state index >= 15 is 0 Å².